The van der Waals surface area contributed by atoms with Gasteiger partial charge in [0.05, 0.1) is 5.75 Å². The van der Waals surface area contributed by atoms with E-state index in [9.17, 15) is 18.0 Å². The number of hydrogen-bond donors (Lipinski definition) is 2. The molecule has 2 aromatic carbocycles. The maximum atomic E-state index is 12.9. The number of anilines is 1. The van der Waals surface area contributed by atoms with Gasteiger partial charge in [-0.1, -0.05) is 29.8 Å². The summed E-state index contributed by atoms with van der Waals surface area (Å²) in [4.78, 5) is 26.8. The summed E-state index contributed by atoms with van der Waals surface area (Å²) in [6.45, 7) is 3.74. The van der Waals surface area contributed by atoms with Gasteiger partial charge >= 0.3 is 6.03 Å². The van der Waals surface area contributed by atoms with Gasteiger partial charge in [-0.15, -0.1) is 0 Å². The average molecular weight is 444 g/mol. The molecule has 0 aromatic heterocycles. The predicted octanol–water partition coefficient (Wildman–Crippen LogP) is 3.21. The lowest BCUT2D eigenvalue weighted by molar-refractivity contribution is 0.0675. The Morgan fingerprint density at radius 3 is 2.39 bits per heavy atom. The van der Waals surface area contributed by atoms with Gasteiger partial charge in [0.1, 0.15) is 0 Å². The molecule has 3 rings (SSSR count). The molecular formula is C23H29N3O4S. The van der Waals surface area contributed by atoms with Gasteiger partial charge in [-0.2, -0.15) is 0 Å². The van der Waals surface area contributed by atoms with Crippen LogP contribution < -0.4 is 10.6 Å². The molecule has 0 aliphatic carbocycles. The Morgan fingerprint density at radius 2 is 1.74 bits per heavy atom. The molecule has 1 saturated heterocycles. The summed E-state index contributed by atoms with van der Waals surface area (Å²) >= 11 is 0. The first-order chi connectivity index (χ1) is 14.7. The van der Waals surface area contributed by atoms with E-state index >= 15 is 0 Å². The first-order valence-corrected chi connectivity index (χ1v) is 12.4. The molecular weight excluding hydrogens is 414 g/mol. The average Bonchev–Trinajstić information content (AvgIpc) is 2.73. The molecule has 0 spiro atoms. The molecule has 1 atom stereocenters. The van der Waals surface area contributed by atoms with Crippen LogP contribution in [0, 0.1) is 12.8 Å². The van der Waals surface area contributed by atoms with Gasteiger partial charge < -0.3 is 15.5 Å². The fourth-order valence-electron chi connectivity index (χ4n) is 3.69. The minimum atomic E-state index is -3.11. The van der Waals surface area contributed by atoms with Crippen molar-refractivity contribution in [3.63, 3.8) is 0 Å². The largest absolute Gasteiger partial charge is 0.338 e. The summed E-state index contributed by atoms with van der Waals surface area (Å²) in [6.07, 6.45) is 3.01. The van der Waals surface area contributed by atoms with Crippen LogP contribution in [0.15, 0.2) is 48.5 Å². The molecule has 0 bridgehead atoms. The second kappa shape index (κ2) is 9.96. The van der Waals surface area contributed by atoms with E-state index in [-0.39, 0.29) is 23.6 Å². The number of carbonyl (C=O) groups is 2. The molecule has 1 aliphatic rings. The lowest BCUT2D eigenvalue weighted by atomic mass is 9.97. The molecule has 166 valence electrons. The van der Waals surface area contributed by atoms with Crippen molar-refractivity contribution in [3.05, 3.63) is 65.2 Å². The Hall–Kier alpha value is -2.87. The van der Waals surface area contributed by atoms with Crippen molar-refractivity contribution in [1.29, 1.82) is 0 Å². The van der Waals surface area contributed by atoms with Gasteiger partial charge in [-0.05, 0) is 55.5 Å². The van der Waals surface area contributed by atoms with E-state index in [1.807, 2.05) is 31.2 Å². The number of benzene rings is 2. The Kier molecular flexibility index (Phi) is 7.33. The number of nitrogens with one attached hydrogen (secondary N) is 2. The van der Waals surface area contributed by atoms with Crippen molar-refractivity contribution in [2.75, 3.05) is 31.2 Å². The third-order valence-electron chi connectivity index (χ3n) is 5.30. The predicted molar refractivity (Wildman–Crippen MR) is 122 cm³/mol. The van der Waals surface area contributed by atoms with Crippen LogP contribution in [-0.2, 0) is 15.6 Å². The zero-order valence-electron chi connectivity index (χ0n) is 17.9. The molecule has 2 aromatic rings. The SMILES string of the molecule is Cc1ccc(NC(=O)NCC2CCCN(C(=O)c3ccc(CS(C)(=O)=O)cc3)C2)cc1. The first-order valence-electron chi connectivity index (χ1n) is 10.4. The third-order valence-corrected chi connectivity index (χ3v) is 6.15. The molecule has 1 unspecified atom stereocenters. The summed E-state index contributed by atoms with van der Waals surface area (Å²) in [5, 5.41) is 5.72. The van der Waals surface area contributed by atoms with Crippen molar-refractivity contribution in [1.82, 2.24) is 10.2 Å². The quantitative estimate of drug-likeness (QED) is 0.717. The summed E-state index contributed by atoms with van der Waals surface area (Å²) < 4.78 is 22.8. The first kappa shape index (κ1) is 22.8. The Balaban J connectivity index is 1.50. The lowest BCUT2D eigenvalue weighted by Crippen LogP contribution is -2.44. The van der Waals surface area contributed by atoms with Crippen molar-refractivity contribution in [3.8, 4) is 0 Å². The van der Waals surface area contributed by atoms with Crippen LogP contribution in [0.3, 0.4) is 0 Å². The number of urea groups is 1. The molecule has 1 heterocycles. The maximum Gasteiger partial charge on any atom is 0.319 e. The molecule has 3 amide bonds. The zero-order chi connectivity index (χ0) is 22.4. The van der Waals surface area contributed by atoms with Crippen molar-refractivity contribution in [2.24, 2.45) is 5.92 Å². The highest BCUT2D eigenvalue weighted by Gasteiger charge is 2.25. The van der Waals surface area contributed by atoms with Gasteiger partial charge in [0.25, 0.3) is 5.91 Å². The van der Waals surface area contributed by atoms with Crippen LogP contribution in [0.4, 0.5) is 10.5 Å². The number of carbonyl (C=O) groups excluding carboxylic acids is 2. The zero-order valence-corrected chi connectivity index (χ0v) is 18.7. The summed E-state index contributed by atoms with van der Waals surface area (Å²) in [7, 11) is -3.11. The number of sulfone groups is 1. The van der Waals surface area contributed by atoms with Crippen LogP contribution in [-0.4, -0.2) is 51.1 Å². The van der Waals surface area contributed by atoms with E-state index < -0.39 is 9.84 Å². The number of likely N-dealkylation sites (tertiary alicyclic amines) is 1. The van der Waals surface area contributed by atoms with E-state index in [0.717, 1.165) is 24.1 Å². The Morgan fingerprint density at radius 1 is 1.06 bits per heavy atom. The minimum Gasteiger partial charge on any atom is -0.338 e. The fourth-order valence-corrected chi connectivity index (χ4v) is 4.49. The number of rotatable bonds is 6. The number of piperidine rings is 1. The summed E-state index contributed by atoms with van der Waals surface area (Å²) in [6, 6.07) is 14.1. The van der Waals surface area contributed by atoms with E-state index in [1.165, 1.54) is 6.26 Å². The van der Waals surface area contributed by atoms with Gasteiger partial charge in [0, 0.05) is 37.1 Å². The Bertz CT molecular complexity index is 1020. The summed E-state index contributed by atoms with van der Waals surface area (Å²) in [5.41, 5.74) is 3.08. The molecule has 0 radical (unpaired) electrons. The molecule has 1 aliphatic heterocycles. The topological polar surface area (TPSA) is 95.6 Å². The molecule has 0 saturated carbocycles. The highest BCUT2D eigenvalue weighted by Crippen LogP contribution is 2.19. The Labute approximate surface area is 183 Å². The molecule has 31 heavy (non-hydrogen) atoms. The lowest BCUT2D eigenvalue weighted by Gasteiger charge is -2.33. The monoisotopic (exact) mass is 443 g/mol. The van der Waals surface area contributed by atoms with Crippen LogP contribution >= 0.6 is 0 Å². The van der Waals surface area contributed by atoms with E-state index in [4.69, 9.17) is 0 Å². The van der Waals surface area contributed by atoms with Crippen molar-refractivity contribution in [2.45, 2.75) is 25.5 Å². The van der Waals surface area contributed by atoms with Crippen LogP contribution in [0.25, 0.3) is 0 Å². The smallest absolute Gasteiger partial charge is 0.319 e. The molecule has 2 N–H and O–H groups in total. The second-order valence-electron chi connectivity index (χ2n) is 8.23. The molecule has 1 fully saturated rings. The second-order valence-corrected chi connectivity index (χ2v) is 10.4. The van der Waals surface area contributed by atoms with E-state index in [0.29, 0.717) is 30.8 Å². The molecule has 7 nitrogen and oxygen atoms in total. The van der Waals surface area contributed by atoms with Crippen LogP contribution in [0.2, 0.25) is 0 Å². The maximum absolute atomic E-state index is 12.9. The van der Waals surface area contributed by atoms with Gasteiger partial charge in [0.2, 0.25) is 0 Å². The van der Waals surface area contributed by atoms with Crippen molar-refractivity contribution >= 4 is 27.5 Å². The number of nitrogens with zero attached hydrogens (tertiary/aromatic N) is 1. The number of hydrogen-bond acceptors (Lipinski definition) is 4. The minimum absolute atomic E-state index is 0.0381. The van der Waals surface area contributed by atoms with Gasteiger partial charge in [-0.3, -0.25) is 4.79 Å². The van der Waals surface area contributed by atoms with Crippen LogP contribution in [0.1, 0.15) is 34.3 Å². The van der Waals surface area contributed by atoms with Gasteiger partial charge in [-0.25, -0.2) is 13.2 Å². The highest BCUT2D eigenvalue weighted by atomic mass is 32.2. The van der Waals surface area contributed by atoms with Gasteiger partial charge in [0.15, 0.2) is 9.84 Å². The molecule has 8 heteroatoms. The third kappa shape index (κ3) is 7.10. The van der Waals surface area contributed by atoms with Crippen LogP contribution in [0.5, 0.6) is 0 Å². The summed E-state index contributed by atoms with van der Waals surface area (Å²) in [5.74, 6) is 0.0783. The van der Waals surface area contributed by atoms with E-state index in [2.05, 4.69) is 10.6 Å². The van der Waals surface area contributed by atoms with E-state index in [1.54, 1.807) is 29.2 Å². The number of aryl methyl sites for hydroxylation is 1. The number of amides is 3. The fraction of sp³-hybridized carbons (Fsp3) is 0.391. The van der Waals surface area contributed by atoms with Crippen molar-refractivity contribution < 1.29 is 18.0 Å². The highest BCUT2D eigenvalue weighted by molar-refractivity contribution is 7.89. The standard InChI is InChI=1S/C23H29N3O4S/c1-17-5-11-21(12-6-17)25-23(28)24-14-19-4-3-13-26(15-19)22(27)20-9-7-18(8-10-20)16-31(2,29)30/h5-12,19H,3-4,13-16H2,1-2H3,(H2,24,25,28). The normalized spacial score (nSPS) is 16.6.